The van der Waals surface area contributed by atoms with Crippen LogP contribution in [0.4, 0.5) is 0 Å². The standard InChI is InChI=1S/C10H13N3O5/c1-5(9(14)15)13-8(6-3-2-4-18-6)7(10(16)17)11-12-13/h5-6H,2-4H2,1H3,(H,14,15)(H,16,17). The number of ether oxygens (including phenoxy) is 1. The lowest BCUT2D eigenvalue weighted by atomic mass is 10.1. The summed E-state index contributed by atoms with van der Waals surface area (Å²) in [5.41, 5.74) is -0.00935. The second kappa shape index (κ2) is 4.73. The first kappa shape index (κ1) is 12.5. The molecule has 1 aliphatic heterocycles. The summed E-state index contributed by atoms with van der Waals surface area (Å²) in [7, 11) is 0. The Hall–Kier alpha value is -1.96. The van der Waals surface area contributed by atoms with Gasteiger partial charge in [0.1, 0.15) is 17.8 Å². The van der Waals surface area contributed by atoms with E-state index >= 15 is 0 Å². The molecule has 8 heteroatoms. The number of carbonyl (C=O) groups is 2. The molecule has 0 bridgehead atoms. The van der Waals surface area contributed by atoms with E-state index in [-0.39, 0.29) is 11.4 Å². The summed E-state index contributed by atoms with van der Waals surface area (Å²) in [5.74, 6) is -2.33. The lowest BCUT2D eigenvalue weighted by molar-refractivity contribution is -0.140. The fourth-order valence-corrected chi connectivity index (χ4v) is 1.94. The molecule has 2 unspecified atom stereocenters. The number of rotatable bonds is 4. The molecule has 2 N–H and O–H groups in total. The molecule has 0 saturated carbocycles. The Morgan fingerprint density at radius 1 is 1.50 bits per heavy atom. The quantitative estimate of drug-likeness (QED) is 0.803. The summed E-state index contributed by atoms with van der Waals surface area (Å²) in [6.45, 7) is 1.94. The van der Waals surface area contributed by atoms with Crippen LogP contribution in [-0.4, -0.2) is 43.8 Å². The molecule has 0 aliphatic carbocycles. The van der Waals surface area contributed by atoms with E-state index in [1.165, 1.54) is 6.92 Å². The van der Waals surface area contributed by atoms with Crippen molar-refractivity contribution in [3.63, 3.8) is 0 Å². The molecule has 8 nitrogen and oxygen atoms in total. The Balaban J connectivity index is 2.46. The van der Waals surface area contributed by atoms with Gasteiger partial charge < -0.3 is 14.9 Å². The van der Waals surface area contributed by atoms with E-state index in [0.29, 0.717) is 13.0 Å². The number of hydrogen-bond acceptors (Lipinski definition) is 5. The first-order valence-electron chi connectivity index (χ1n) is 5.55. The van der Waals surface area contributed by atoms with Crippen LogP contribution in [0.15, 0.2) is 0 Å². The third-order valence-electron chi connectivity index (χ3n) is 2.89. The second-order valence-corrected chi connectivity index (χ2v) is 4.09. The normalized spacial score (nSPS) is 20.8. The van der Waals surface area contributed by atoms with Crippen molar-refractivity contribution in [3.05, 3.63) is 11.4 Å². The highest BCUT2D eigenvalue weighted by Crippen LogP contribution is 2.31. The van der Waals surface area contributed by atoms with E-state index in [2.05, 4.69) is 10.3 Å². The molecule has 0 radical (unpaired) electrons. The smallest absolute Gasteiger partial charge is 0.358 e. The molecular formula is C10H13N3O5. The van der Waals surface area contributed by atoms with Gasteiger partial charge in [-0.2, -0.15) is 0 Å². The zero-order chi connectivity index (χ0) is 13.3. The molecule has 2 rings (SSSR count). The van der Waals surface area contributed by atoms with Gasteiger partial charge in [0.15, 0.2) is 5.69 Å². The van der Waals surface area contributed by atoms with E-state index in [1.54, 1.807) is 0 Å². The molecule has 2 heterocycles. The highest BCUT2D eigenvalue weighted by atomic mass is 16.5. The lowest BCUT2D eigenvalue weighted by Crippen LogP contribution is -2.21. The van der Waals surface area contributed by atoms with Gasteiger partial charge in [0.05, 0.1) is 0 Å². The summed E-state index contributed by atoms with van der Waals surface area (Å²) in [6.07, 6.45) is 0.990. The summed E-state index contributed by atoms with van der Waals surface area (Å²) in [6, 6.07) is -0.982. The molecule has 1 aromatic heterocycles. The molecule has 2 atom stereocenters. The first-order valence-corrected chi connectivity index (χ1v) is 5.55. The largest absolute Gasteiger partial charge is 0.480 e. The van der Waals surface area contributed by atoms with Crippen molar-refractivity contribution in [1.82, 2.24) is 15.0 Å². The van der Waals surface area contributed by atoms with Crippen molar-refractivity contribution in [2.75, 3.05) is 6.61 Å². The average Bonchev–Trinajstić information content (AvgIpc) is 2.95. The fourth-order valence-electron chi connectivity index (χ4n) is 1.94. The van der Waals surface area contributed by atoms with Gasteiger partial charge in [0.25, 0.3) is 0 Å². The third kappa shape index (κ3) is 2.06. The minimum Gasteiger partial charge on any atom is -0.480 e. The number of aromatic carboxylic acids is 1. The molecule has 1 fully saturated rings. The Labute approximate surface area is 102 Å². The number of carboxylic acids is 2. The van der Waals surface area contributed by atoms with Gasteiger partial charge in [-0.3, -0.25) is 0 Å². The highest BCUT2D eigenvalue weighted by molar-refractivity contribution is 5.86. The molecule has 0 spiro atoms. The van der Waals surface area contributed by atoms with Gasteiger partial charge in [-0.1, -0.05) is 5.21 Å². The molecule has 1 aliphatic rings. The van der Waals surface area contributed by atoms with Gasteiger partial charge in [-0.15, -0.1) is 5.10 Å². The van der Waals surface area contributed by atoms with Crippen molar-refractivity contribution in [2.24, 2.45) is 0 Å². The Morgan fingerprint density at radius 3 is 2.72 bits per heavy atom. The van der Waals surface area contributed by atoms with Crippen molar-refractivity contribution in [2.45, 2.75) is 31.9 Å². The Morgan fingerprint density at radius 2 is 2.22 bits per heavy atom. The number of carboxylic acid groups (broad SMARTS) is 2. The zero-order valence-electron chi connectivity index (χ0n) is 9.74. The number of aliphatic carboxylic acids is 1. The summed E-state index contributed by atoms with van der Waals surface area (Å²) in [5, 5.41) is 25.2. The maximum absolute atomic E-state index is 11.1. The molecule has 1 aromatic rings. The fraction of sp³-hybridized carbons (Fsp3) is 0.600. The monoisotopic (exact) mass is 255 g/mol. The first-order chi connectivity index (χ1) is 8.52. The SMILES string of the molecule is CC(C(=O)O)n1nnc(C(=O)O)c1C1CCCO1. The van der Waals surface area contributed by atoms with E-state index in [0.717, 1.165) is 11.1 Å². The maximum Gasteiger partial charge on any atom is 0.358 e. The van der Waals surface area contributed by atoms with Crippen LogP contribution in [0, 0.1) is 0 Å². The topological polar surface area (TPSA) is 115 Å². The highest BCUT2D eigenvalue weighted by Gasteiger charge is 2.32. The minimum absolute atomic E-state index is 0.231. The summed E-state index contributed by atoms with van der Waals surface area (Å²) >= 11 is 0. The Kier molecular flexibility index (Phi) is 3.28. The van der Waals surface area contributed by atoms with Crippen LogP contribution in [-0.2, 0) is 9.53 Å². The van der Waals surface area contributed by atoms with E-state index < -0.39 is 24.1 Å². The molecule has 1 saturated heterocycles. The summed E-state index contributed by atoms with van der Waals surface area (Å²) < 4.78 is 6.51. The number of nitrogens with zero attached hydrogens (tertiary/aromatic N) is 3. The van der Waals surface area contributed by atoms with Gasteiger partial charge in [-0.25, -0.2) is 14.3 Å². The van der Waals surface area contributed by atoms with Crippen molar-refractivity contribution in [1.29, 1.82) is 0 Å². The molecule has 0 aromatic carbocycles. The van der Waals surface area contributed by atoms with E-state index in [1.807, 2.05) is 0 Å². The average molecular weight is 255 g/mol. The van der Waals surface area contributed by atoms with Crippen LogP contribution in [0.25, 0.3) is 0 Å². The predicted molar refractivity (Wildman–Crippen MR) is 57.3 cm³/mol. The predicted octanol–water partition coefficient (Wildman–Crippen LogP) is 0.473. The van der Waals surface area contributed by atoms with Gasteiger partial charge in [0, 0.05) is 6.61 Å². The minimum atomic E-state index is -1.23. The third-order valence-corrected chi connectivity index (χ3v) is 2.89. The second-order valence-electron chi connectivity index (χ2n) is 4.09. The van der Waals surface area contributed by atoms with Gasteiger partial charge in [0.2, 0.25) is 0 Å². The summed E-state index contributed by atoms with van der Waals surface area (Å²) in [4.78, 5) is 22.0. The van der Waals surface area contributed by atoms with E-state index in [4.69, 9.17) is 14.9 Å². The maximum atomic E-state index is 11.1. The van der Waals surface area contributed by atoms with Crippen LogP contribution in [0.5, 0.6) is 0 Å². The van der Waals surface area contributed by atoms with Gasteiger partial charge >= 0.3 is 11.9 Å². The van der Waals surface area contributed by atoms with Crippen LogP contribution < -0.4 is 0 Å². The Bertz CT molecular complexity index is 478. The molecular weight excluding hydrogens is 242 g/mol. The molecule has 98 valence electrons. The van der Waals surface area contributed by atoms with Crippen LogP contribution in [0.3, 0.4) is 0 Å². The van der Waals surface area contributed by atoms with Crippen molar-refractivity contribution < 1.29 is 24.5 Å². The van der Waals surface area contributed by atoms with Crippen LogP contribution in [0.2, 0.25) is 0 Å². The molecule has 0 amide bonds. The van der Waals surface area contributed by atoms with Crippen LogP contribution in [0.1, 0.15) is 48.1 Å². The molecule has 18 heavy (non-hydrogen) atoms. The van der Waals surface area contributed by atoms with Crippen molar-refractivity contribution in [3.8, 4) is 0 Å². The van der Waals surface area contributed by atoms with Crippen LogP contribution >= 0.6 is 0 Å². The lowest BCUT2D eigenvalue weighted by Gasteiger charge is -2.15. The van der Waals surface area contributed by atoms with E-state index in [9.17, 15) is 9.59 Å². The van der Waals surface area contributed by atoms with Gasteiger partial charge in [-0.05, 0) is 19.8 Å². The number of hydrogen-bond donors (Lipinski definition) is 2. The zero-order valence-corrected chi connectivity index (χ0v) is 9.74. The van der Waals surface area contributed by atoms with Crippen molar-refractivity contribution >= 4 is 11.9 Å². The number of aromatic nitrogens is 3.